The van der Waals surface area contributed by atoms with E-state index in [1.165, 1.54) is 0 Å². The van der Waals surface area contributed by atoms with Crippen LogP contribution in [0, 0.1) is 0 Å². The van der Waals surface area contributed by atoms with Crippen LogP contribution in [0.15, 0.2) is 0 Å². The molecule has 0 aromatic heterocycles. The van der Waals surface area contributed by atoms with Crippen molar-refractivity contribution in [3.05, 3.63) is 0 Å². The van der Waals surface area contributed by atoms with Crippen molar-refractivity contribution in [1.29, 1.82) is 0 Å². The van der Waals surface area contributed by atoms with Crippen LogP contribution in [-0.2, 0) is 4.79 Å². The molecule has 0 radical (unpaired) electrons. The van der Waals surface area contributed by atoms with Crippen molar-refractivity contribution in [2.75, 3.05) is 32.1 Å². The van der Waals surface area contributed by atoms with Crippen LogP contribution < -0.4 is 10.6 Å². The summed E-state index contributed by atoms with van der Waals surface area (Å²) in [6.45, 7) is 1.73. The molecule has 4 heteroatoms. The molecule has 0 rings (SSSR count). The quantitative estimate of drug-likeness (QED) is 0.576. The molecule has 0 bridgehead atoms. The van der Waals surface area contributed by atoms with Crippen molar-refractivity contribution in [3.63, 3.8) is 0 Å². The number of carbonyl (C=O) groups is 1. The molecule has 3 nitrogen and oxygen atoms in total. The fourth-order valence-electron chi connectivity index (χ4n) is 0.958. The van der Waals surface area contributed by atoms with Crippen LogP contribution in [0.4, 0.5) is 0 Å². The van der Waals surface area contributed by atoms with E-state index in [0.717, 1.165) is 31.7 Å². The van der Waals surface area contributed by atoms with Crippen LogP contribution in [0.1, 0.15) is 19.3 Å². The Kier molecular flexibility index (Phi) is 9.70. The molecule has 0 aliphatic rings. The van der Waals surface area contributed by atoms with E-state index in [1.807, 2.05) is 18.8 Å². The Morgan fingerprint density at radius 1 is 1.31 bits per heavy atom. The largest absolute Gasteiger partial charge is 0.356 e. The molecule has 0 aliphatic carbocycles. The summed E-state index contributed by atoms with van der Waals surface area (Å²) in [6, 6.07) is 0. The molecule has 13 heavy (non-hydrogen) atoms. The second kappa shape index (κ2) is 9.86. The maximum absolute atomic E-state index is 11.1. The molecule has 0 spiro atoms. The van der Waals surface area contributed by atoms with Crippen molar-refractivity contribution in [2.45, 2.75) is 19.3 Å². The molecule has 0 unspecified atom stereocenters. The number of hydrogen-bond donors (Lipinski definition) is 2. The summed E-state index contributed by atoms with van der Waals surface area (Å²) >= 11 is 1.81. The zero-order valence-corrected chi connectivity index (χ0v) is 9.38. The second-order valence-corrected chi connectivity index (χ2v) is 3.89. The maximum Gasteiger partial charge on any atom is 0.220 e. The number of nitrogens with one attached hydrogen (secondary N) is 2. The van der Waals surface area contributed by atoms with E-state index in [1.54, 1.807) is 0 Å². The van der Waals surface area contributed by atoms with Gasteiger partial charge in [-0.1, -0.05) is 0 Å². The Morgan fingerprint density at radius 2 is 2.08 bits per heavy atom. The second-order valence-electron chi connectivity index (χ2n) is 2.90. The van der Waals surface area contributed by atoms with Gasteiger partial charge in [0.2, 0.25) is 5.91 Å². The minimum Gasteiger partial charge on any atom is -0.356 e. The molecule has 2 N–H and O–H groups in total. The van der Waals surface area contributed by atoms with Gasteiger partial charge in [0, 0.05) is 13.0 Å². The van der Waals surface area contributed by atoms with E-state index in [4.69, 9.17) is 0 Å². The van der Waals surface area contributed by atoms with Gasteiger partial charge in [-0.3, -0.25) is 4.79 Å². The number of hydrogen-bond acceptors (Lipinski definition) is 3. The lowest BCUT2D eigenvalue weighted by molar-refractivity contribution is -0.121. The first-order valence-corrected chi connectivity index (χ1v) is 6.11. The van der Waals surface area contributed by atoms with E-state index in [0.29, 0.717) is 6.42 Å². The van der Waals surface area contributed by atoms with Crippen molar-refractivity contribution < 1.29 is 4.79 Å². The van der Waals surface area contributed by atoms with Gasteiger partial charge in [0.1, 0.15) is 0 Å². The molecular formula is C9H20N2OS. The summed E-state index contributed by atoms with van der Waals surface area (Å²) in [4.78, 5) is 11.1. The molecule has 0 aromatic rings. The minimum absolute atomic E-state index is 0.177. The molecule has 78 valence electrons. The zero-order valence-electron chi connectivity index (χ0n) is 8.56. The zero-order chi connectivity index (χ0) is 9.94. The Labute approximate surface area is 85.0 Å². The highest BCUT2D eigenvalue weighted by Gasteiger charge is 1.98. The lowest BCUT2D eigenvalue weighted by atomic mass is 10.3. The summed E-state index contributed by atoms with van der Waals surface area (Å²) in [6.07, 6.45) is 4.71. The Morgan fingerprint density at radius 3 is 2.69 bits per heavy atom. The van der Waals surface area contributed by atoms with Gasteiger partial charge >= 0.3 is 0 Å². The Bertz CT molecular complexity index is 131. The van der Waals surface area contributed by atoms with Gasteiger partial charge in [0.15, 0.2) is 0 Å². The van der Waals surface area contributed by atoms with Crippen LogP contribution in [0.2, 0.25) is 0 Å². The van der Waals surface area contributed by atoms with E-state index in [9.17, 15) is 4.79 Å². The Hall–Kier alpha value is -0.220. The van der Waals surface area contributed by atoms with E-state index >= 15 is 0 Å². The van der Waals surface area contributed by atoms with Gasteiger partial charge in [-0.05, 0) is 38.4 Å². The summed E-state index contributed by atoms with van der Waals surface area (Å²) < 4.78 is 0. The molecule has 0 fully saturated rings. The molecule has 0 atom stereocenters. The smallest absolute Gasteiger partial charge is 0.220 e. The number of thioether (sulfide) groups is 1. The third-order valence-electron chi connectivity index (χ3n) is 1.68. The maximum atomic E-state index is 11.1. The number of rotatable bonds is 8. The molecule has 0 saturated heterocycles. The predicted molar refractivity (Wildman–Crippen MR) is 59.2 cm³/mol. The van der Waals surface area contributed by atoms with Gasteiger partial charge in [0.25, 0.3) is 0 Å². The summed E-state index contributed by atoms with van der Waals surface area (Å²) in [5, 5.41) is 5.91. The molecule has 0 aliphatic heterocycles. The number of carbonyl (C=O) groups excluding carboxylic acids is 1. The number of amides is 1. The average molecular weight is 204 g/mol. The first kappa shape index (κ1) is 12.8. The first-order valence-electron chi connectivity index (χ1n) is 4.71. The highest BCUT2D eigenvalue weighted by atomic mass is 32.2. The summed E-state index contributed by atoms with van der Waals surface area (Å²) in [7, 11) is 1.90. The van der Waals surface area contributed by atoms with Crippen LogP contribution in [0.25, 0.3) is 0 Å². The van der Waals surface area contributed by atoms with E-state index < -0.39 is 0 Å². The van der Waals surface area contributed by atoms with Gasteiger partial charge in [-0.2, -0.15) is 11.8 Å². The van der Waals surface area contributed by atoms with Crippen molar-refractivity contribution >= 4 is 17.7 Å². The summed E-state index contributed by atoms with van der Waals surface area (Å²) in [5.74, 6) is 1.30. The van der Waals surface area contributed by atoms with Gasteiger partial charge in [-0.25, -0.2) is 0 Å². The third kappa shape index (κ3) is 9.70. The molecule has 1 amide bonds. The highest BCUT2D eigenvalue weighted by molar-refractivity contribution is 7.98. The lowest BCUT2D eigenvalue weighted by Gasteiger charge is -2.03. The molecule has 0 saturated carbocycles. The third-order valence-corrected chi connectivity index (χ3v) is 2.37. The molecule has 0 heterocycles. The van der Waals surface area contributed by atoms with Crippen LogP contribution in [-0.4, -0.2) is 38.1 Å². The van der Waals surface area contributed by atoms with Crippen LogP contribution in [0.3, 0.4) is 0 Å². The van der Waals surface area contributed by atoms with Gasteiger partial charge in [0.05, 0.1) is 0 Å². The average Bonchev–Trinajstić information content (AvgIpc) is 2.13. The minimum atomic E-state index is 0.177. The van der Waals surface area contributed by atoms with E-state index in [2.05, 4.69) is 16.9 Å². The standard InChI is InChI=1S/C9H20N2OS/c1-10-6-3-5-9(12)11-7-4-8-13-2/h10H,3-8H2,1-2H3,(H,11,12). The highest BCUT2D eigenvalue weighted by Crippen LogP contribution is 1.94. The monoisotopic (exact) mass is 204 g/mol. The topological polar surface area (TPSA) is 41.1 Å². The van der Waals surface area contributed by atoms with Crippen LogP contribution >= 0.6 is 11.8 Å². The molecular weight excluding hydrogens is 184 g/mol. The first-order chi connectivity index (χ1) is 6.31. The fraction of sp³-hybridized carbons (Fsp3) is 0.889. The van der Waals surface area contributed by atoms with Gasteiger partial charge < -0.3 is 10.6 Å². The molecule has 0 aromatic carbocycles. The SMILES string of the molecule is CNCCCC(=O)NCCCSC. The van der Waals surface area contributed by atoms with Crippen LogP contribution in [0.5, 0.6) is 0 Å². The predicted octanol–water partition coefficient (Wildman–Crippen LogP) is 0.855. The lowest BCUT2D eigenvalue weighted by Crippen LogP contribution is -2.25. The normalized spacial score (nSPS) is 10.0. The fourth-order valence-corrected chi connectivity index (χ4v) is 1.39. The summed E-state index contributed by atoms with van der Waals surface area (Å²) in [5.41, 5.74) is 0. The van der Waals surface area contributed by atoms with E-state index in [-0.39, 0.29) is 5.91 Å². The van der Waals surface area contributed by atoms with Crippen molar-refractivity contribution in [3.8, 4) is 0 Å². The van der Waals surface area contributed by atoms with Crippen molar-refractivity contribution in [1.82, 2.24) is 10.6 Å². The Balaban J connectivity index is 3.11. The van der Waals surface area contributed by atoms with Crippen molar-refractivity contribution in [2.24, 2.45) is 0 Å². The van der Waals surface area contributed by atoms with Gasteiger partial charge in [-0.15, -0.1) is 0 Å².